The Morgan fingerprint density at radius 1 is 1.00 bits per heavy atom. The van der Waals surface area contributed by atoms with Crippen LogP contribution in [0.3, 0.4) is 0 Å². The van der Waals surface area contributed by atoms with Gasteiger partial charge in [-0.1, -0.05) is 6.07 Å². The van der Waals surface area contributed by atoms with Crippen LogP contribution < -0.4 is 20.9 Å². The lowest BCUT2D eigenvalue weighted by Crippen LogP contribution is -2.34. The quantitative estimate of drug-likeness (QED) is 0.683. The predicted octanol–water partition coefficient (Wildman–Crippen LogP) is 4.06. The molecule has 2 aromatic carbocycles. The smallest absolute Gasteiger partial charge is 0.413 e. The summed E-state index contributed by atoms with van der Waals surface area (Å²) in [5.74, 6) is -0.315. The minimum Gasteiger partial charge on any atom is -0.449 e. The summed E-state index contributed by atoms with van der Waals surface area (Å²) >= 11 is 0. The van der Waals surface area contributed by atoms with Crippen molar-refractivity contribution in [2.24, 2.45) is 0 Å². The molecule has 0 saturated carbocycles. The second-order valence-corrected chi connectivity index (χ2v) is 6.59. The van der Waals surface area contributed by atoms with Crippen molar-refractivity contribution in [1.82, 2.24) is 5.32 Å². The lowest BCUT2D eigenvalue weighted by atomic mass is 10.1. The predicted molar refractivity (Wildman–Crippen MR) is 114 cm³/mol. The number of hydrogen-bond acceptors (Lipinski definition) is 4. The number of nitrogens with zero attached hydrogens (tertiary/aromatic N) is 1. The molecule has 8 nitrogen and oxygen atoms in total. The Balaban J connectivity index is 2.02. The number of anilines is 3. The second kappa shape index (κ2) is 10.1. The number of benzene rings is 2. The first-order valence-corrected chi connectivity index (χ1v) is 9.29. The van der Waals surface area contributed by atoms with Gasteiger partial charge in [0.05, 0.1) is 6.61 Å². The number of hydrogen-bond donors (Lipinski definition) is 3. The van der Waals surface area contributed by atoms with Gasteiger partial charge in [-0.05, 0) is 63.2 Å². The van der Waals surface area contributed by atoms with Gasteiger partial charge in [0, 0.05) is 35.7 Å². The highest BCUT2D eigenvalue weighted by molar-refractivity contribution is 6.05. The van der Waals surface area contributed by atoms with Gasteiger partial charge >= 0.3 is 12.1 Å². The molecule has 0 aromatic heterocycles. The first-order chi connectivity index (χ1) is 13.8. The number of urea groups is 1. The molecule has 0 bridgehead atoms. The summed E-state index contributed by atoms with van der Waals surface area (Å²) in [5, 5.41) is 8.21. The number of rotatable bonds is 6. The van der Waals surface area contributed by atoms with E-state index < -0.39 is 6.09 Å². The molecule has 0 atom stereocenters. The third kappa shape index (κ3) is 6.53. The maximum Gasteiger partial charge on any atom is 0.413 e. The molecular formula is C21H26N4O4. The Labute approximate surface area is 170 Å². The summed E-state index contributed by atoms with van der Waals surface area (Å²) in [7, 11) is 1.61. The van der Waals surface area contributed by atoms with Gasteiger partial charge in [-0.15, -0.1) is 0 Å². The van der Waals surface area contributed by atoms with Gasteiger partial charge in [0.15, 0.2) is 0 Å². The van der Waals surface area contributed by atoms with Gasteiger partial charge in [-0.3, -0.25) is 9.69 Å². The van der Waals surface area contributed by atoms with Crippen LogP contribution in [-0.4, -0.2) is 37.7 Å². The number of carbonyl (C=O) groups excluding carboxylic acids is 3. The van der Waals surface area contributed by atoms with E-state index in [4.69, 9.17) is 4.74 Å². The van der Waals surface area contributed by atoms with Crippen molar-refractivity contribution in [3.05, 3.63) is 54.1 Å². The van der Waals surface area contributed by atoms with E-state index in [1.165, 1.54) is 4.90 Å². The van der Waals surface area contributed by atoms with Gasteiger partial charge in [-0.25, -0.2) is 9.59 Å². The first-order valence-electron chi connectivity index (χ1n) is 9.29. The molecule has 0 radical (unpaired) electrons. The van der Waals surface area contributed by atoms with Crippen LogP contribution in [0.25, 0.3) is 0 Å². The third-order valence-electron chi connectivity index (χ3n) is 3.86. The van der Waals surface area contributed by atoms with Gasteiger partial charge in [0.2, 0.25) is 0 Å². The number of carbonyl (C=O) groups is 3. The second-order valence-electron chi connectivity index (χ2n) is 6.59. The summed E-state index contributed by atoms with van der Waals surface area (Å²) in [6, 6.07) is 13.1. The Morgan fingerprint density at radius 3 is 2.31 bits per heavy atom. The lowest BCUT2D eigenvalue weighted by Gasteiger charge is -2.17. The molecule has 0 aliphatic heterocycles. The van der Waals surface area contributed by atoms with Crippen LogP contribution in [0.5, 0.6) is 0 Å². The topological polar surface area (TPSA) is 99.8 Å². The highest BCUT2D eigenvalue weighted by Crippen LogP contribution is 2.19. The average molecular weight is 398 g/mol. The van der Waals surface area contributed by atoms with E-state index in [1.54, 1.807) is 62.5 Å². The van der Waals surface area contributed by atoms with Crippen LogP contribution >= 0.6 is 0 Å². The molecule has 3 N–H and O–H groups in total. The van der Waals surface area contributed by atoms with E-state index >= 15 is 0 Å². The maximum absolute atomic E-state index is 12.5. The van der Waals surface area contributed by atoms with Crippen molar-refractivity contribution >= 4 is 35.1 Å². The van der Waals surface area contributed by atoms with Crippen LogP contribution in [0.1, 0.15) is 31.1 Å². The van der Waals surface area contributed by atoms with Crippen LogP contribution in [-0.2, 0) is 4.74 Å². The zero-order valence-electron chi connectivity index (χ0n) is 17.0. The fourth-order valence-electron chi connectivity index (χ4n) is 2.46. The van der Waals surface area contributed by atoms with E-state index in [-0.39, 0.29) is 18.0 Å². The van der Waals surface area contributed by atoms with Crippen LogP contribution in [0.15, 0.2) is 48.5 Å². The number of amides is 4. The van der Waals surface area contributed by atoms with Crippen molar-refractivity contribution in [3.8, 4) is 0 Å². The molecule has 2 rings (SSSR count). The van der Waals surface area contributed by atoms with E-state index in [1.807, 2.05) is 13.8 Å². The molecule has 29 heavy (non-hydrogen) atoms. The molecule has 0 unspecified atom stereocenters. The Morgan fingerprint density at radius 2 is 1.69 bits per heavy atom. The van der Waals surface area contributed by atoms with Crippen LogP contribution in [0.4, 0.5) is 26.7 Å². The molecule has 0 saturated heterocycles. The van der Waals surface area contributed by atoms with Gasteiger partial charge in [0.25, 0.3) is 5.91 Å². The zero-order valence-corrected chi connectivity index (χ0v) is 17.0. The summed E-state index contributed by atoms with van der Waals surface area (Å²) < 4.78 is 4.95. The van der Waals surface area contributed by atoms with E-state index in [0.717, 1.165) is 0 Å². The third-order valence-corrected chi connectivity index (χ3v) is 3.86. The largest absolute Gasteiger partial charge is 0.449 e. The Bertz CT molecular complexity index is 865. The van der Waals surface area contributed by atoms with Crippen LogP contribution in [0, 0.1) is 0 Å². The molecule has 0 aliphatic rings. The molecule has 4 amide bonds. The Hall–Kier alpha value is -3.55. The Kier molecular flexibility index (Phi) is 7.59. The molecule has 0 spiro atoms. The van der Waals surface area contributed by atoms with E-state index in [0.29, 0.717) is 29.2 Å². The summed E-state index contributed by atoms with van der Waals surface area (Å²) in [6.07, 6.45) is -0.449. The van der Waals surface area contributed by atoms with Crippen LogP contribution in [0.2, 0.25) is 0 Å². The van der Waals surface area contributed by atoms with Crippen molar-refractivity contribution in [2.75, 3.05) is 29.2 Å². The number of ether oxygens (including phenoxy) is 1. The molecular weight excluding hydrogens is 372 g/mol. The molecule has 0 heterocycles. The zero-order chi connectivity index (χ0) is 21.4. The SMILES string of the molecule is CCOC(=O)N(C)c1ccc(NC(=O)c2cccc(NC(=O)NC(C)C)c2)cc1. The minimum atomic E-state index is -0.449. The molecule has 0 aliphatic carbocycles. The average Bonchev–Trinajstić information content (AvgIpc) is 2.67. The summed E-state index contributed by atoms with van der Waals surface area (Å²) in [4.78, 5) is 37.5. The standard InChI is InChI=1S/C21H26N4O4/c1-5-29-21(28)25(4)18-11-9-16(10-12-18)23-19(26)15-7-6-8-17(13-15)24-20(27)22-14(2)3/h6-14H,5H2,1-4H3,(H,23,26)(H2,22,24,27). The monoisotopic (exact) mass is 398 g/mol. The van der Waals surface area contributed by atoms with E-state index in [9.17, 15) is 14.4 Å². The first kappa shape index (κ1) is 21.7. The van der Waals surface area contributed by atoms with Crippen molar-refractivity contribution < 1.29 is 19.1 Å². The van der Waals surface area contributed by atoms with Gasteiger partial charge in [0.1, 0.15) is 0 Å². The van der Waals surface area contributed by atoms with E-state index in [2.05, 4.69) is 16.0 Å². The fourth-order valence-corrected chi connectivity index (χ4v) is 2.46. The number of nitrogens with one attached hydrogen (secondary N) is 3. The molecule has 8 heteroatoms. The molecule has 2 aromatic rings. The molecule has 154 valence electrons. The minimum absolute atomic E-state index is 0.00678. The normalized spacial score (nSPS) is 10.2. The fraction of sp³-hybridized carbons (Fsp3) is 0.286. The van der Waals surface area contributed by atoms with Crippen molar-refractivity contribution in [1.29, 1.82) is 0 Å². The van der Waals surface area contributed by atoms with Gasteiger partial charge in [-0.2, -0.15) is 0 Å². The molecule has 0 fully saturated rings. The summed E-state index contributed by atoms with van der Waals surface area (Å²) in [5.41, 5.74) is 2.14. The van der Waals surface area contributed by atoms with Crippen molar-refractivity contribution in [3.63, 3.8) is 0 Å². The highest BCUT2D eigenvalue weighted by atomic mass is 16.6. The highest BCUT2D eigenvalue weighted by Gasteiger charge is 2.12. The maximum atomic E-state index is 12.5. The van der Waals surface area contributed by atoms with Crippen molar-refractivity contribution in [2.45, 2.75) is 26.8 Å². The van der Waals surface area contributed by atoms with Gasteiger partial charge < -0.3 is 20.7 Å². The summed E-state index contributed by atoms with van der Waals surface area (Å²) in [6.45, 7) is 5.76. The lowest BCUT2D eigenvalue weighted by molar-refractivity contribution is 0.102.